The first-order valence-corrected chi connectivity index (χ1v) is 9.12. The van der Waals surface area contributed by atoms with Crippen LogP contribution in [0.2, 0.25) is 0 Å². The number of likely N-dealkylation sites (tertiary alicyclic amines) is 1. The Labute approximate surface area is 152 Å². The van der Waals surface area contributed by atoms with Crippen molar-refractivity contribution in [2.75, 3.05) is 19.8 Å². The van der Waals surface area contributed by atoms with E-state index in [2.05, 4.69) is 5.32 Å². The van der Waals surface area contributed by atoms with E-state index >= 15 is 0 Å². The summed E-state index contributed by atoms with van der Waals surface area (Å²) in [6.07, 6.45) is 2.17. The Kier molecular flexibility index (Phi) is 5.48. The molecule has 3 rings (SSSR count). The summed E-state index contributed by atoms with van der Waals surface area (Å²) in [5.41, 5.74) is -0.770. The van der Waals surface area contributed by atoms with Gasteiger partial charge in [-0.25, -0.2) is 13.6 Å². The van der Waals surface area contributed by atoms with Crippen LogP contribution in [0.1, 0.15) is 44.7 Å². The van der Waals surface area contributed by atoms with Gasteiger partial charge in [-0.1, -0.05) is 12.1 Å². The van der Waals surface area contributed by atoms with E-state index < -0.39 is 23.3 Å². The molecule has 5 nitrogen and oxygen atoms in total. The van der Waals surface area contributed by atoms with E-state index in [1.807, 2.05) is 0 Å². The van der Waals surface area contributed by atoms with Gasteiger partial charge >= 0.3 is 6.03 Å². The van der Waals surface area contributed by atoms with Crippen LogP contribution in [0.4, 0.5) is 13.6 Å². The van der Waals surface area contributed by atoms with Crippen molar-refractivity contribution in [3.8, 4) is 0 Å². The molecule has 7 heteroatoms. The number of nitrogens with one attached hydrogen (secondary N) is 1. The number of benzene rings is 1. The Morgan fingerprint density at radius 3 is 2.96 bits per heavy atom. The van der Waals surface area contributed by atoms with Gasteiger partial charge in [0.2, 0.25) is 0 Å². The van der Waals surface area contributed by atoms with Crippen LogP contribution in [-0.4, -0.2) is 47.4 Å². The summed E-state index contributed by atoms with van der Waals surface area (Å²) in [6.45, 7) is 4.91. The Balaban J connectivity index is 1.71. The van der Waals surface area contributed by atoms with Crippen LogP contribution >= 0.6 is 0 Å². The summed E-state index contributed by atoms with van der Waals surface area (Å²) in [6, 6.07) is 2.81. The lowest BCUT2D eigenvalue weighted by Gasteiger charge is -2.43. The van der Waals surface area contributed by atoms with E-state index in [0.29, 0.717) is 26.2 Å². The zero-order chi connectivity index (χ0) is 18.9. The molecule has 2 amide bonds. The largest absolute Gasteiger partial charge is 0.390 e. The number of ether oxygens (including phenoxy) is 1. The summed E-state index contributed by atoms with van der Waals surface area (Å²) in [5.74, 6) is -2.04. The maximum absolute atomic E-state index is 14.0. The van der Waals surface area contributed by atoms with Crippen LogP contribution in [0.15, 0.2) is 18.2 Å². The zero-order valence-electron chi connectivity index (χ0n) is 15.2. The van der Waals surface area contributed by atoms with Gasteiger partial charge in [0.15, 0.2) is 11.6 Å². The fourth-order valence-electron chi connectivity index (χ4n) is 4.04. The highest BCUT2D eigenvalue weighted by molar-refractivity contribution is 5.75. The smallest absolute Gasteiger partial charge is 0.318 e. The minimum atomic E-state index is -0.943. The molecule has 2 N–H and O–H groups in total. The van der Waals surface area contributed by atoms with Crippen LogP contribution in [0, 0.1) is 17.6 Å². The Bertz CT molecular complexity index is 668. The fraction of sp³-hybridized carbons (Fsp3) is 0.632. The van der Waals surface area contributed by atoms with Crippen molar-refractivity contribution in [1.29, 1.82) is 0 Å². The molecule has 0 bridgehead atoms. The molecule has 4 atom stereocenters. The Morgan fingerprint density at radius 1 is 1.46 bits per heavy atom. The van der Waals surface area contributed by atoms with Crippen LogP contribution in [0.3, 0.4) is 0 Å². The molecule has 2 fully saturated rings. The molecule has 2 heterocycles. The lowest BCUT2D eigenvalue weighted by Crippen LogP contribution is -2.55. The van der Waals surface area contributed by atoms with Crippen LogP contribution in [0.5, 0.6) is 0 Å². The number of aliphatic hydroxyl groups is 1. The monoisotopic (exact) mass is 368 g/mol. The van der Waals surface area contributed by atoms with Gasteiger partial charge in [-0.2, -0.15) is 0 Å². The van der Waals surface area contributed by atoms with Gasteiger partial charge in [0.1, 0.15) is 0 Å². The summed E-state index contributed by atoms with van der Waals surface area (Å²) in [4.78, 5) is 14.5. The number of amides is 2. The maximum Gasteiger partial charge on any atom is 0.318 e. The van der Waals surface area contributed by atoms with E-state index in [-0.39, 0.29) is 23.6 Å². The molecule has 1 aromatic carbocycles. The number of rotatable bonds is 3. The van der Waals surface area contributed by atoms with E-state index in [9.17, 15) is 18.7 Å². The molecule has 0 saturated carbocycles. The lowest BCUT2D eigenvalue weighted by molar-refractivity contribution is -0.119. The van der Waals surface area contributed by atoms with Gasteiger partial charge in [0.25, 0.3) is 0 Å². The SMILES string of the molecule is CC(NC(=O)N1CCCC1C1COCCC1(C)O)c1cccc(F)c1F. The molecular formula is C19H26F2N2O3. The number of urea groups is 1. The molecular weight excluding hydrogens is 342 g/mol. The third-order valence-corrected chi connectivity index (χ3v) is 5.66. The highest BCUT2D eigenvalue weighted by Crippen LogP contribution is 2.36. The van der Waals surface area contributed by atoms with Crippen molar-refractivity contribution < 1.29 is 23.4 Å². The van der Waals surface area contributed by atoms with Crippen LogP contribution in [0.25, 0.3) is 0 Å². The minimum absolute atomic E-state index is 0.113. The van der Waals surface area contributed by atoms with E-state index in [1.165, 1.54) is 12.1 Å². The molecule has 2 aliphatic heterocycles. The fourth-order valence-corrected chi connectivity index (χ4v) is 4.04. The molecule has 0 radical (unpaired) electrons. The second kappa shape index (κ2) is 7.48. The van der Waals surface area contributed by atoms with Gasteiger partial charge < -0.3 is 20.1 Å². The molecule has 2 aliphatic rings. The molecule has 1 aromatic rings. The number of nitrogens with zero attached hydrogens (tertiary/aromatic N) is 1. The summed E-state index contributed by atoms with van der Waals surface area (Å²) in [5, 5.41) is 13.5. The maximum atomic E-state index is 14.0. The molecule has 0 aliphatic carbocycles. The first-order chi connectivity index (χ1) is 12.3. The third kappa shape index (κ3) is 3.69. The average Bonchev–Trinajstić information content (AvgIpc) is 3.06. The highest BCUT2D eigenvalue weighted by Gasteiger charge is 2.45. The Hall–Kier alpha value is -1.73. The minimum Gasteiger partial charge on any atom is -0.390 e. The number of carbonyl (C=O) groups is 1. The van der Waals surface area contributed by atoms with Crippen molar-refractivity contribution in [1.82, 2.24) is 10.2 Å². The van der Waals surface area contributed by atoms with Crippen molar-refractivity contribution in [2.24, 2.45) is 5.92 Å². The first kappa shape index (κ1) is 19.0. The van der Waals surface area contributed by atoms with Gasteiger partial charge in [-0.15, -0.1) is 0 Å². The first-order valence-electron chi connectivity index (χ1n) is 9.12. The molecule has 2 saturated heterocycles. The van der Waals surface area contributed by atoms with Crippen LogP contribution < -0.4 is 5.32 Å². The van der Waals surface area contributed by atoms with E-state index in [1.54, 1.807) is 18.7 Å². The van der Waals surface area contributed by atoms with Gasteiger partial charge in [0.05, 0.1) is 18.2 Å². The zero-order valence-corrected chi connectivity index (χ0v) is 15.2. The predicted octanol–water partition coefficient (Wildman–Crippen LogP) is 2.99. The third-order valence-electron chi connectivity index (χ3n) is 5.66. The number of carbonyl (C=O) groups excluding carboxylic acids is 1. The summed E-state index contributed by atoms with van der Waals surface area (Å²) >= 11 is 0. The number of hydrogen-bond donors (Lipinski definition) is 2. The topological polar surface area (TPSA) is 61.8 Å². The number of halogens is 2. The van der Waals surface area contributed by atoms with Crippen molar-refractivity contribution >= 4 is 6.03 Å². The Morgan fingerprint density at radius 2 is 2.23 bits per heavy atom. The van der Waals surface area contributed by atoms with Crippen molar-refractivity contribution in [3.63, 3.8) is 0 Å². The van der Waals surface area contributed by atoms with E-state index in [0.717, 1.165) is 18.9 Å². The average molecular weight is 368 g/mol. The predicted molar refractivity (Wildman–Crippen MR) is 92.6 cm³/mol. The second-order valence-corrected chi connectivity index (χ2v) is 7.51. The molecule has 0 aromatic heterocycles. The molecule has 144 valence electrons. The van der Waals surface area contributed by atoms with Gasteiger partial charge in [-0.05, 0) is 39.2 Å². The standard InChI is InChI=1S/C19H26F2N2O3/c1-12(13-5-3-6-15(20)17(13)21)22-18(24)23-9-4-7-16(23)14-11-26-10-8-19(14,2)25/h3,5-6,12,14,16,25H,4,7-11H2,1-2H3,(H,22,24). The van der Waals surface area contributed by atoms with Crippen molar-refractivity contribution in [3.05, 3.63) is 35.4 Å². The van der Waals surface area contributed by atoms with E-state index in [4.69, 9.17) is 4.74 Å². The summed E-state index contributed by atoms with van der Waals surface area (Å²) < 4.78 is 32.9. The molecule has 26 heavy (non-hydrogen) atoms. The lowest BCUT2D eigenvalue weighted by atomic mass is 9.79. The van der Waals surface area contributed by atoms with Gasteiger partial charge in [0, 0.05) is 30.7 Å². The molecule has 0 spiro atoms. The quantitative estimate of drug-likeness (QED) is 0.862. The van der Waals surface area contributed by atoms with Crippen LogP contribution in [-0.2, 0) is 4.74 Å². The normalized spacial score (nSPS) is 30.3. The number of hydrogen-bond acceptors (Lipinski definition) is 3. The second-order valence-electron chi connectivity index (χ2n) is 7.51. The van der Waals surface area contributed by atoms with Crippen molar-refractivity contribution in [2.45, 2.75) is 50.8 Å². The highest BCUT2D eigenvalue weighted by atomic mass is 19.2. The summed E-state index contributed by atoms with van der Waals surface area (Å²) in [7, 11) is 0. The molecule has 4 unspecified atom stereocenters. The van der Waals surface area contributed by atoms with Gasteiger partial charge in [-0.3, -0.25) is 0 Å².